The van der Waals surface area contributed by atoms with Crippen molar-refractivity contribution in [1.29, 1.82) is 0 Å². The average molecular weight is 492 g/mol. The molecule has 0 atom stereocenters. The van der Waals surface area contributed by atoms with Crippen LogP contribution in [0.2, 0.25) is 0 Å². The standard InChI is InChI=1S/C23H21N7O4S/c31-20(24-11-12-30-22(32)10-7-17(29-30)18-6-3-13-33-18)14-35-23-28-27-21(34-23)9-8-19-25-15-4-1-2-5-16(15)26-19/h1-7,10,13H,8-9,11-12,14H2,(H,24,31)(H,25,26). The number of aromatic amines is 1. The number of imidazole rings is 1. The van der Waals surface area contributed by atoms with E-state index in [2.05, 4.69) is 30.6 Å². The van der Waals surface area contributed by atoms with Crippen LogP contribution in [0.4, 0.5) is 0 Å². The fourth-order valence-electron chi connectivity index (χ4n) is 3.39. The summed E-state index contributed by atoms with van der Waals surface area (Å²) in [6.45, 7) is 0.483. The van der Waals surface area contributed by atoms with Gasteiger partial charge in [-0.1, -0.05) is 23.9 Å². The Morgan fingerprint density at radius 3 is 2.86 bits per heavy atom. The molecule has 11 nitrogen and oxygen atoms in total. The lowest BCUT2D eigenvalue weighted by molar-refractivity contribution is -0.118. The van der Waals surface area contributed by atoms with Crippen molar-refractivity contribution < 1.29 is 13.6 Å². The van der Waals surface area contributed by atoms with E-state index in [1.165, 1.54) is 17.0 Å². The van der Waals surface area contributed by atoms with Crippen LogP contribution >= 0.6 is 11.8 Å². The number of amides is 1. The highest BCUT2D eigenvalue weighted by Gasteiger charge is 2.12. The SMILES string of the molecule is O=C(CSc1nnc(CCc2nc3ccccc3[nH]2)o1)NCCn1nc(-c2ccco2)ccc1=O. The van der Waals surface area contributed by atoms with Crippen molar-refractivity contribution in [3.05, 3.63) is 76.9 Å². The Morgan fingerprint density at radius 2 is 2.00 bits per heavy atom. The number of nitrogens with one attached hydrogen (secondary N) is 2. The van der Waals surface area contributed by atoms with Crippen LogP contribution in [-0.2, 0) is 24.2 Å². The first-order valence-electron chi connectivity index (χ1n) is 10.9. The summed E-state index contributed by atoms with van der Waals surface area (Å²) in [5, 5.41) is 15.4. The maximum absolute atomic E-state index is 12.2. The Bertz CT molecular complexity index is 1460. The number of furan rings is 1. The molecule has 0 unspecified atom stereocenters. The summed E-state index contributed by atoms with van der Waals surface area (Å²) < 4.78 is 12.2. The maximum atomic E-state index is 12.2. The predicted octanol–water partition coefficient (Wildman–Crippen LogP) is 2.46. The van der Waals surface area contributed by atoms with Gasteiger partial charge in [0.15, 0.2) is 5.76 Å². The van der Waals surface area contributed by atoms with Gasteiger partial charge in [0.05, 0.1) is 29.6 Å². The van der Waals surface area contributed by atoms with Gasteiger partial charge in [-0.2, -0.15) is 5.10 Å². The zero-order chi connectivity index (χ0) is 24.0. The van der Waals surface area contributed by atoms with Gasteiger partial charge in [0.1, 0.15) is 11.5 Å². The largest absolute Gasteiger partial charge is 0.463 e. The zero-order valence-corrected chi connectivity index (χ0v) is 19.3. The van der Waals surface area contributed by atoms with Crippen LogP contribution in [0.25, 0.3) is 22.5 Å². The second-order valence-corrected chi connectivity index (χ2v) is 8.48. The molecule has 0 spiro atoms. The van der Waals surface area contributed by atoms with E-state index in [-0.39, 0.29) is 30.3 Å². The zero-order valence-electron chi connectivity index (χ0n) is 18.5. The number of fused-ring (bicyclic) bond motifs is 1. The third kappa shape index (κ3) is 5.66. The molecule has 5 rings (SSSR count). The normalized spacial score (nSPS) is 11.2. The highest BCUT2D eigenvalue weighted by atomic mass is 32.2. The molecule has 12 heteroatoms. The molecule has 0 fully saturated rings. The number of carbonyl (C=O) groups excluding carboxylic acids is 1. The summed E-state index contributed by atoms with van der Waals surface area (Å²) >= 11 is 1.15. The lowest BCUT2D eigenvalue weighted by Gasteiger charge is -2.07. The lowest BCUT2D eigenvalue weighted by atomic mass is 10.3. The van der Waals surface area contributed by atoms with Crippen LogP contribution in [0.15, 0.2) is 73.6 Å². The monoisotopic (exact) mass is 491 g/mol. The fourth-order valence-corrected chi connectivity index (χ4v) is 4.00. The molecule has 0 saturated carbocycles. The van der Waals surface area contributed by atoms with Gasteiger partial charge in [0, 0.05) is 25.5 Å². The predicted molar refractivity (Wildman–Crippen MR) is 128 cm³/mol. The minimum absolute atomic E-state index is 0.111. The molecule has 0 saturated heterocycles. The number of hydrogen-bond acceptors (Lipinski definition) is 9. The fraction of sp³-hybridized carbons (Fsp3) is 0.217. The number of H-pyrrole nitrogens is 1. The highest BCUT2D eigenvalue weighted by molar-refractivity contribution is 7.99. The van der Waals surface area contributed by atoms with E-state index in [1.54, 1.807) is 18.2 Å². The van der Waals surface area contributed by atoms with Gasteiger partial charge in [0.2, 0.25) is 11.8 Å². The molecule has 1 amide bonds. The van der Waals surface area contributed by atoms with Crippen LogP contribution in [-0.4, -0.2) is 48.2 Å². The summed E-state index contributed by atoms with van der Waals surface area (Å²) in [6.07, 6.45) is 2.71. The van der Waals surface area contributed by atoms with Crippen molar-refractivity contribution in [2.75, 3.05) is 12.3 Å². The van der Waals surface area contributed by atoms with Gasteiger partial charge < -0.3 is 19.1 Å². The van der Waals surface area contributed by atoms with E-state index >= 15 is 0 Å². The number of para-hydroxylation sites is 2. The van der Waals surface area contributed by atoms with Crippen LogP contribution in [0, 0.1) is 0 Å². The van der Waals surface area contributed by atoms with E-state index in [1.807, 2.05) is 24.3 Å². The van der Waals surface area contributed by atoms with Gasteiger partial charge in [-0.3, -0.25) is 9.59 Å². The van der Waals surface area contributed by atoms with Crippen molar-refractivity contribution >= 4 is 28.7 Å². The highest BCUT2D eigenvalue weighted by Crippen LogP contribution is 2.17. The third-order valence-corrected chi connectivity index (χ3v) is 5.89. The molecule has 0 aliphatic heterocycles. The number of benzene rings is 1. The third-order valence-electron chi connectivity index (χ3n) is 5.08. The van der Waals surface area contributed by atoms with Crippen LogP contribution in [0.1, 0.15) is 11.7 Å². The molecule has 35 heavy (non-hydrogen) atoms. The van der Waals surface area contributed by atoms with Gasteiger partial charge in [-0.05, 0) is 30.3 Å². The number of rotatable bonds is 10. The van der Waals surface area contributed by atoms with Crippen molar-refractivity contribution in [2.45, 2.75) is 24.6 Å². The number of thioether (sulfide) groups is 1. The van der Waals surface area contributed by atoms with Crippen molar-refractivity contribution in [2.24, 2.45) is 0 Å². The van der Waals surface area contributed by atoms with Crippen molar-refractivity contribution in [3.63, 3.8) is 0 Å². The lowest BCUT2D eigenvalue weighted by Crippen LogP contribution is -2.32. The van der Waals surface area contributed by atoms with E-state index in [0.29, 0.717) is 35.4 Å². The second kappa shape index (κ2) is 10.4. The van der Waals surface area contributed by atoms with Crippen LogP contribution in [0.5, 0.6) is 0 Å². The Labute approximate surface area is 203 Å². The smallest absolute Gasteiger partial charge is 0.277 e. The quantitative estimate of drug-likeness (QED) is 0.281. The van der Waals surface area contributed by atoms with Crippen molar-refractivity contribution in [1.82, 2.24) is 35.3 Å². The number of carbonyl (C=O) groups is 1. The Balaban J connectivity index is 1.06. The van der Waals surface area contributed by atoms with Gasteiger partial charge in [-0.25, -0.2) is 9.67 Å². The minimum atomic E-state index is -0.259. The number of nitrogens with zero attached hydrogens (tertiary/aromatic N) is 5. The summed E-state index contributed by atoms with van der Waals surface area (Å²) in [5.41, 5.74) is 2.19. The van der Waals surface area contributed by atoms with Crippen molar-refractivity contribution in [3.8, 4) is 11.5 Å². The number of aromatic nitrogens is 6. The van der Waals surface area contributed by atoms with Crippen LogP contribution < -0.4 is 10.9 Å². The molecule has 0 aliphatic carbocycles. The molecule has 178 valence electrons. The minimum Gasteiger partial charge on any atom is -0.463 e. The molecule has 2 N–H and O–H groups in total. The maximum Gasteiger partial charge on any atom is 0.277 e. The van der Waals surface area contributed by atoms with E-state index in [9.17, 15) is 9.59 Å². The Morgan fingerprint density at radius 1 is 1.09 bits per heavy atom. The molecular formula is C23H21N7O4S. The van der Waals surface area contributed by atoms with E-state index < -0.39 is 0 Å². The average Bonchev–Trinajstić information content (AvgIpc) is 3.63. The van der Waals surface area contributed by atoms with Gasteiger partial charge >= 0.3 is 0 Å². The Kier molecular flexibility index (Phi) is 6.70. The summed E-state index contributed by atoms with van der Waals surface area (Å²) in [7, 11) is 0. The molecule has 0 bridgehead atoms. The molecule has 5 aromatic rings. The Hall–Kier alpha value is -4.19. The van der Waals surface area contributed by atoms with E-state index in [0.717, 1.165) is 28.6 Å². The molecular weight excluding hydrogens is 470 g/mol. The number of aryl methyl sites for hydroxylation is 2. The summed E-state index contributed by atoms with van der Waals surface area (Å²) in [5.74, 6) is 1.79. The van der Waals surface area contributed by atoms with Gasteiger partial charge in [0.25, 0.3) is 10.8 Å². The molecule has 0 aliphatic rings. The van der Waals surface area contributed by atoms with Gasteiger partial charge in [-0.15, -0.1) is 10.2 Å². The number of hydrogen-bond donors (Lipinski definition) is 2. The molecule has 4 aromatic heterocycles. The summed E-state index contributed by atoms with van der Waals surface area (Å²) in [4.78, 5) is 32.0. The first-order chi connectivity index (χ1) is 17.1. The first kappa shape index (κ1) is 22.6. The topological polar surface area (TPSA) is 145 Å². The molecule has 4 heterocycles. The molecule has 1 aromatic carbocycles. The summed E-state index contributed by atoms with van der Waals surface area (Å²) in [6, 6.07) is 14.4. The van der Waals surface area contributed by atoms with E-state index in [4.69, 9.17) is 8.83 Å². The molecule has 0 radical (unpaired) electrons. The van der Waals surface area contributed by atoms with Crippen LogP contribution in [0.3, 0.4) is 0 Å². The second-order valence-electron chi connectivity index (χ2n) is 7.56. The first-order valence-corrected chi connectivity index (χ1v) is 11.9.